The molecule has 32 heavy (non-hydrogen) atoms. The van der Waals surface area contributed by atoms with E-state index in [4.69, 9.17) is 11.6 Å². The highest BCUT2D eigenvalue weighted by atomic mass is 35.5. The van der Waals surface area contributed by atoms with E-state index in [2.05, 4.69) is 9.97 Å². The molecule has 5 nitrogen and oxygen atoms in total. The van der Waals surface area contributed by atoms with Crippen molar-refractivity contribution >= 4 is 44.2 Å². The Morgan fingerprint density at radius 3 is 2.62 bits per heavy atom. The van der Waals surface area contributed by atoms with Crippen molar-refractivity contribution in [3.8, 4) is 0 Å². The minimum absolute atomic E-state index is 0.162. The van der Waals surface area contributed by atoms with Crippen LogP contribution in [-0.2, 0) is 12.7 Å². The number of carbonyl (C=O) groups excluding carboxylic acids is 1. The molecule has 0 saturated heterocycles. The molecule has 4 aromatic rings. The topological polar surface area (TPSA) is 51.0 Å². The van der Waals surface area contributed by atoms with Crippen molar-refractivity contribution in [1.29, 1.82) is 0 Å². The van der Waals surface area contributed by atoms with Crippen LogP contribution in [0.25, 0.3) is 10.2 Å². The van der Waals surface area contributed by atoms with E-state index in [1.165, 1.54) is 28.4 Å². The number of anilines is 1. The van der Waals surface area contributed by atoms with Gasteiger partial charge in [-0.3, -0.25) is 9.69 Å². The van der Waals surface area contributed by atoms with Crippen LogP contribution in [0, 0.1) is 6.92 Å². The van der Waals surface area contributed by atoms with Gasteiger partial charge >= 0.3 is 6.18 Å². The number of imidazole rings is 1. The van der Waals surface area contributed by atoms with Crippen molar-refractivity contribution in [3.63, 3.8) is 0 Å². The molecule has 0 bridgehead atoms. The Labute approximate surface area is 191 Å². The standard InChI is InChI=1S/C22H18ClF3N4OS/c1-14-11-17(23)12-18-19(14)28-21(32-18)30(9-2-8-29-10-7-27-13-29)20(31)15-3-5-16(6-4-15)22(24,25)26/h3-7,10-13H,2,8-9H2,1H3. The van der Waals surface area contributed by atoms with E-state index in [9.17, 15) is 18.0 Å². The summed E-state index contributed by atoms with van der Waals surface area (Å²) in [4.78, 5) is 23.4. The Hall–Kier alpha value is -2.91. The van der Waals surface area contributed by atoms with E-state index in [0.29, 0.717) is 29.7 Å². The number of alkyl halides is 3. The molecule has 0 atom stereocenters. The van der Waals surface area contributed by atoms with Gasteiger partial charge in [0.05, 0.1) is 22.1 Å². The number of halogens is 4. The summed E-state index contributed by atoms with van der Waals surface area (Å²) in [5.41, 5.74) is 0.991. The largest absolute Gasteiger partial charge is 0.416 e. The van der Waals surface area contributed by atoms with Gasteiger partial charge in [-0.1, -0.05) is 22.9 Å². The molecule has 4 rings (SSSR count). The van der Waals surface area contributed by atoms with Crippen LogP contribution >= 0.6 is 22.9 Å². The van der Waals surface area contributed by atoms with Crippen molar-refractivity contribution in [2.45, 2.75) is 26.1 Å². The predicted molar refractivity (Wildman–Crippen MR) is 119 cm³/mol. The second-order valence-electron chi connectivity index (χ2n) is 7.25. The lowest BCUT2D eigenvalue weighted by molar-refractivity contribution is -0.137. The number of rotatable bonds is 6. The Morgan fingerprint density at radius 1 is 1.22 bits per heavy atom. The van der Waals surface area contributed by atoms with E-state index in [-0.39, 0.29) is 5.56 Å². The molecule has 0 unspecified atom stereocenters. The Kier molecular flexibility index (Phi) is 6.21. The van der Waals surface area contributed by atoms with Gasteiger partial charge in [0.25, 0.3) is 5.91 Å². The summed E-state index contributed by atoms with van der Waals surface area (Å²) >= 11 is 7.48. The quantitative estimate of drug-likeness (QED) is 0.331. The van der Waals surface area contributed by atoms with E-state index in [0.717, 1.165) is 27.9 Å². The highest BCUT2D eigenvalue weighted by molar-refractivity contribution is 7.22. The molecule has 0 saturated carbocycles. The molecule has 2 heterocycles. The minimum atomic E-state index is -4.46. The first kappa shape index (κ1) is 22.3. The fourth-order valence-electron chi connectivity index (χ4n) is 3.33. The molecule has 10 heteroatoms. The molecule has 0 spiro atoms. The molecule has 0 fully saturated rings. The lowest BCUT2D eigenvalue weighted by Crippen LogP contribution is -2.32. The van der Waals surface area contributed by atoms with Gasteiger partial charge in [-0.15, -0.1) is 0 Å². The van der Waals surface area contributed by atoms with Crippen LogP contribution in [0.3, 0.4) is 0 Å². The van der Waals surface area contributed by atoms with Crippen molar-refractivity contribution < 1.29 is 18.0 Å². The number of thiazole rings is 1. The second kappa shape index (κ2) is 8.91. The van der Waals surface area contributed by atoms with Crippen LogP contribution in [0.4, 0.5) is 18.3 Å². The monoisotopic (exact) mass is 478 g/mol. The number of hydrogen-bond donors (Lipinski definition) is 0. The summed E-state index contributed by atoms with van der Waals surface area (Å²) in [6, 6.07) is 7.82. The maximum Gasteiger partial charge on any atom is 0.416 e. The SMILES string of the molecule is Cc1cc(Cl)cc2sc(N(CCCn3ccnc3)C(=O)c3ccc(C(F)(F)F)cc3)nc12. The van der Waals surface area contributed by atoms with Gasteiger partial charge in [0, 0.05) is 36.1 Å². The lowest BCUT2D eigenvalue weighted by atomic mass is 10.1. The first-order chi connectivity index (χ1) is 15.2. The van der Waals surface area contributed by atoms with Crippen molar-refractivity contribution in [2.75, 3.05) is 11.4 Å². The number of aryl methyl sites for hydroxylation is 2. The van der Waals surface area contributed by atoms with E-state index < -0.39 is 17.6 Å². The summed E-state index contributed by atoms with van der Waals surface area (Å²) in [5.74, 6) is -0.410. The predicted octanol–water partition coefficient (Wildman–Crippen LogP) is 6.21. The highest BCUT2D eigenvalue weighted by Crippen LogP contribution is 2.34. The summed E-state index contributed by atoms with van der Waals surface area (Å²) in [6.07, 6.45) is 1.33. The lowest BCUT2D eigenvalue weighted by Gasteiger charge is -2.20. The number of nitrogens with zero attached hydrogens (tertiary/aromatic N) is 4. The summed E-state index contributed by atoms with van der Waals surface area (Å²) < 4.78 is 41.5. The van der Waals surface area contributed by atoms with Gasteiger partial charge < -0.3 is 4.57 Å². The Morgan fingerprint density at radius 2 is 1.97 bits per heavy atom. The molecule has 1 amide bonds. The Balaban J connectivity index is 1.65. The average molecular weight is 479 g/mol. The van der Waals surface area contributed by atoms with E-state index in [1.807, 2.05) is 17.7 Å². The fraction of sp³-hybridized carbons (Fsp3) is 0.227. The molecule has 166 valence electrons. The van der Waals surface area contributed by atoms with Gasteiger partial charge in [0.2, 0.25) is 0 Å². The van der Waals surface area contributed by atoms with Gasteiger partial charge in [0.15, 0.2) is 5.13 Å². The zero-order chi connectivity index (χ0) is 22.9. The van der Waals surface area contributed by atoms with Crippen LogP contribution in [0.15, 0.2) is 55.1 Å². The van der Waals surface area contributed by atoms with Gasteiger partial charge in [-0.2, -0.15) is 13.2 Å². The summed E-state index contributed by atoms with van der Waals surface area (Å²) in [5, 5.41) is 1.05. The van der Waals surface area contributed by atoms with Crippen LogP contribution in [-0.4, -0.2) is 27.0 Å². The minimum Gasteiger partial charge on any atom is -0.337 e. The number of fused-ring (bicyclic) bond motifs is 1. The smallest absolute Gasteiger partial charge is 0.337 e. The molecule has 0 radical (unpaired) electrons. The highest BCUT2D eigenvalue weighted by Gasteiger charge is 2.30. The van der Waals surface area contributed by atoms with Crippen molar-refractivity contribution in [3.05, 3.63) is 76.8 Å². The molecule has 0 aliphatic carbocycles. The second-order valence-corrected chi connectivity index (χ2v) is 8.70. The first-order valence-corrected chi connectivity index (χ1v) is 10.9. The van der Waals surface area contributed by atoms with Crippen LogP contribution < -0.4 is 4.90 Å². The van der Waals surface area contributed by atoms with Gasteiger partial charge in [-0.25, -0.2) is 9.97 Å². The first-order valence-electron chi connectivity index (χ1n) is 9.74. The number of aromatic nitrogens is 3. The van der Waals surface area contributed by atoms with Crippen molar-refractivity contribution in [1.82, 2.24) is 14.5 Å². The van der Waals surface area contributed by atoms with Crippen LogP contribution in [0.2, 0.25) is 5.02 Å². The number of benzene rings is 2. The number of carbonyl (C=O) groups is 1. The zero-order valence-corrected chi connectivity index (χ0v) is 18.5. The molecule has 0 aliphatic heterocycles. The van der Waals surface area contributed by atoms with Crippen molar-refractivity contribution in [2.24, 2.45) is 0 Å². The molecule has 2 aromatic carbocycles. The van der Waals surface area contributed by atoms with E-state index in [1.54, 1.807) is 24.7 Å². The number of hydrogen-bond acceptors (Lipinski definition) is 4. The van der Waals surface area contributed by atoms with Gasteiger partial charge in [-0.05, 0) is 55.3 Å². The third-order valence-corrected chi connectivity index (χ3v) is 6.18. The fourth-order valence-corrected chi connectivity index (χ4v) is 4.77. The zero-order valence-electron chi connectivity index (χ0n) is 16.9. The molecule has 0 aliphatic rings. The van der Waals surface area contributed by atoms with Gasteiger partial charge in [0.1, 0.15) is 0 Å². The maximum absolute atomic E-state index is 13.3. The summed E-state index contributed by atoms with van der Waals surface area (Å²) in [6.45, 7) is 2.86. The van der Waals surface area contributed by atoms with Crippen LogP contribution in [0.5, 0.6) is 0 Å². The third-order valence-electron chi connectivity index (χ3n) is 4.93. The molecule has 2 aromatic heterocycles. The van der Waals surface area contributed by atoms with E-state index >= 15 is 0 Å². The number of amides is 1. The van der Waals surface area contributed by atoms with Crippen LogP contribution in [0.1, 0.15) is 27.9 Å². The summed E-state index contributed by atoms with van der Waals surface area (Å²) in [7, 11) is 0. The molecular formula is C22H18ClF3N4OS. The molecular weight excluding hydrogens is 461 g/mol. The average Bonchev–Trinajstić information content (AvgIpc) is 3.40. The maximum atomic E-state index is 13.3. The third kappa shape index (κ3) is 4.78. The Bertz CT molecular complexity index is 1240. The normalized spacial score (nSPS) is 11.8. The molecule has 0 N–H and O–H groups in total.